The average Bonchev–Trinajstić information content (AvgIpc) is 3.03. The quantitative estimate of drug-likeness (QED) is 0.906. The molecule has 3 heterocycles. The Morgan fingerprint density at radius 2 is 2.20 bits per heavy atom. The summed E-state index contributed by atoms with van der Waals surface area (Å²) >= 11 is 0. The number of rotatable bonds is 4. The minimum absolute atomic E-state index is 0.0279. The number of aromatic nitrogens is 4. The molecule has 0 aromatic carbocycles. The van der Waals surface area contributed by atoms with Crippen LogP contribution in [0, 0.1) is 5.92 Å². The van der Waals surface area contributed by atoms with Crippen LogP contribution in [-0.2, 0) is 12.7 Å². The second kappa shape index (κ2) is 6.69. The monoisotopic (exact) mass is 355 g/mol. The van der Waals surface area contributed by atoms with Gasteiger partial charge in [-0.25, -0.2) is 9.78 Å². The van der Waals surface area contributed by atoms with E-state index in [1.165, 1.54) is 23.1 Å². The third-order valence-corrected chi connectivity index (χ3v) is 4.11. The molecular weight excluding hydrogens is 339 g/mol. The van der Waals surface area contributed by atoms with Crippen LogP contribution in [0.15, 0.2) is 24.5 Å². The van der Waals surface area contributed by atoms with Gasteiger partial charge in [-0.15, -0.1) is 5.10 Å². The molecule has 1 aliphatic rings. The second-order valence-corrected chi connectivity index (χ2v) is 5.96. The Morgan fingerprint density at radius 1 is 1.40 bits per heavy atom. The predicted octanol–water partition coefficient (Wildman–Crippen LogP) is 2.31. The number of carboxylic acid groups (broad SMARTS) is 1. The molecule has 2 aromatic heterocycles. The summed E-state index contributed by atoms with van der Waals surface area (Å²) in [5, 5.41) is 16.2. The highest BCUT2D eigenvalue weighted by atomic mass is 19.4. The number of piperidine rings is 1. The van der Waals surface area contributed by atoms with E-state index in [1.54, 1.807) is 4.90 Å². The lowest BCUT2D eigenvalue weighted by molar-refractivity contribution is -0.137. The Bertz CT molecular complexity index is 762. The minimum Gasteiger partial charge on any atom is -0.476 e. The molecule has 3 rings (SSSR count). The van der Waals surface area contributed by atoms with E-state index < -0.39 is 17.7 Å². The van der Waals surface area contributed by atoms with Gasteiger partial charge in [0.2, 0.25) is 0 Å². The number of nitrogens with zero attached hydrogens (tertiary/aromatic N) is 5. The highest BCUT2D eigenvalue weighted by Crippen LogP contribution is 2.36. The molecule has 2 aromatic rings. The SMILES string of the molecule is O=C(O)c1cn(C[C@@H]2CCCN(c3ncccc3C(F)(F)F)C2)nn1. The Morgan fingerprint density at radius 3 is 2.88 bits per heavy atom. The molecule has 1 fully saturated rings. The zero-order valence-electron chi connectivity index (χ0n) is 13.1. The highest BCUT2D eigenvalue weighted by molar-refractivity contribution is 5.84. The lowest BCUT2D eigenvalue weighted by atomic mass is 9.97. The highest BCUT2D eigenvalue weighted by Gasteiger charge is 2.36. The van der Waals surface area contributed by atoms with Gasteiger partial charge in [-0.2, -0.15) is 13.2 Å². The van der Waals surface area contributed by atoms with Crippen LogP contribution < -0.4 is 4.90 Å². The maximum atomic E-state index is 13.2. The van der Waals surface area contributed by atoms with Crippen molar-refractivity contribution in [3.8, 4) is 0 Å². The van der Waals surface area contributed by atoms with E-state index in [-0.39, 0.29) is 17.4 Å². The van der Waals surface area contributed by atoms with Gasteiger partial charge in [0, 0.05) is 25.8 Å². The molecule has 1 N–H and O–H groups in total. The number of carboxylic acids is 1. The van der Waals surface area contributed by atoms with Gasteiger partial charge in [-0.05, 0) is 30.9 Å². The van der Waals surface area contributed by atoms with Crippen LogP contribution in [0.4, 0.5) is 19.0 Å². The predicted molar refractivity (Wildman–Crippen MR) is 81.2 cm³/mol. The Kier molecular flexibility index (Phi) is 4.60. The normalized spacial score (nSPS) is 18.4. The van der Waals surface area contributed by atoms with Crippen molar-refractivity contribution in [2.75, 3.05) is 18.0 Å². The van der Waals surface area contributed by atoms with E-state index in [4.69, 9.17) is 5.11 Å². The topological polar surface area (TPSA) is 84.1 Å². The summed E-state index contributed by atoms with van der Waals surface area (Å²) in [4.78, 5) is 16.4. The molecule has 10 heteroatoms. The summed E-state index contributed by atoms with van der Waals surface area (Å²) in [6, 6.07) is 2.30. The van der Waals surface area contributed by atoms with Crippen molar-refractivity contribution in [2.45, 2.75) is 25.6 Å². The van der Waals surface area contributed by atoms with Crippen molar-refractivity contribution in [1.82, 2.24) is 20.0 Å². The van der Waals surface area contributed by atoms with E-state index in [2.05, 4.69) is 15.3 Å². The van der Waals surface area contributed by atoms with Crippen LogP contribution in [0.3, 0.4) is 0 Å². The van der Waals surface area contributed by atoms with Crippen molar-refractivity contribution in [3.63, 3.8) is 0 Å². The first-order valence-electron chi connectivity index (χ1n) is 7.75. The fourth-order valence-corrected chi connectivity index (χ4v) is 3.03. The standard InChI is InChI=1S/C15H16F3N5O2/c16-15(17,18)11-4-1-5-19-13(11)22-6-2-3-10(7-22)8-23-9-12(14(24)25)20-21-23/h1,4-5,9-10H,2-3,6-8H2,(H,24,25)/t10-/m1/s1. The van der Waals surface area contributed by atoms with Gasteiger partial charge in [-0.1, -0.05) is 5.21 Å². The van der Waals surface area contributed by atoms with E-state index in [9.17, 15) is 18.0 Å². The van der Waals surface area contributed by atoms with Crippen molar-refractivity contribution < 1.29 is 23.1 Å². The molecule has 0 saturated carbocycles. The first-order valence-corrected chi connectivity index (χ1v) is 7.75. The molecule has 0 unspecified atom stereocenters. The number of hydrogen-bond donors (Lipinski definition) is 1. The molecule has 0 bridgehead atoms. The summed E-state index contributed by atoms with van der Waals surface area (Å²) in [6.45, 7) is 1.28. The van der Waals surface area contributed by atoms with Crippen LogP contribution in [0.5, 0.6) is 0 Å². The smallest absolute Gasteiger partial charge is 0.419 e. The van der Waals surface area contributed by atoms with Crippen molar-refractivity contribution in [3.05, 3.63) is 35.8 Å². The Hall–Kier alpha value is -2.65. The van der Waals surface area contributed by atoms with Crippen LogP contribution in [-0.4, -0.2) is 44.1 Å². The summed E-state index contributed by atoms with van der Waals surface area (Å²) < 4.78 is 41.0. The van der Waals surface area contributed by atoms with Crippen LogP contribution in [0.1, 0.15) is 28.9 Å². The third kappa shape index (κ3) is 3.89. The van der Waals surface area contributed by atoms with Gasteiger partial charge in [-0.3, -0.25) is 4.68 Å². The maximum absolute atomic E-state index is 13.2. The van der Waals surface area contributed by atoms with Crippen molar-refractivity contribution >= 4 is 11.8 Å². The Balaban J connectivity index is 1.74. The second-order valence-electron chi connectivity index (χ2n) is 5.96. The summed E-state index contributed by atoms with van der Waals surface area (Å²) in [5.41, 5.74) is -0.902. The average molecular weight is 355 g/mol. The summed E-state index contributed by atoms with van der Waals surface area (Å²) in [6.07, 6.45) is -0.251. The van der Waals surface area contributed by atoms with E-state index in [0.29, 0.717) is 19.6 Å². The largest absolute Gasteiger partial charge is 0.476 e. The zero-order chi connectivity index (χ0) is 18.0. The molecule has 1 aliphatic heterocycles. The fourth-order valence-electron chi connectivity index (χ4n) is 3.03. The van der Waals surface area contributed by atoms with Gasteiger partial charge >= 0.3 is 12.1 Å². The zero-order valence-corrected chi connectivity index (χ0v) is 13.1. The molecule has 1 atom stereocenters. The third-order valence-electron chi connectivity index (χ3n) is 4.11. The first-order chi connectivity index (χ1) is 11.8. The number of anilines is 1. The number of carbonyl (C=O) groups is 1. The van der Waals surface area contributed by atoms with Crippen LogP contribution in [0.25, 0.3) is 0 Å². The van der Waals surface area contributed by atoms with Gasteiger partial charge in [0.1, 0.15) is 5.82 Å². The minimum atomic E-state index is -4.46. The molecule has 0 amide bonds. The summed E-state index contributed by atoms with van der Waals surface area (Å²) in [7, 11) is 0. The molecule has 7 nitrogen and oxygen atoms in total. The van der Waals surface area contributed by atoms with E-state index >= 15 is 0 Å². The molecular formula is C15H16F3N5O2. The van der Waals surface area contributed by atoms with Crippen molar-refractivity contribution in [2.24, 2.45) is 5.92 Å². The molecule has 0 spiro atoms. The number of aromatic carboxylic acids is 1. The molecule has 0 radical (unpaired) electrons. The maximum Gasteiger partial charge on any atom is 0.419 e. The van der Waals surface area contributed by atoms with Crippen LogP contribution >= 0.6 is 0 Å². The van der Waals surface area contributed by atoms with Gasteiger partial charge in [0.25, 0.3) is 0 Å². The number of halogens is 3. The molecule has 1 saturated heterocycles. The van der Waals surface area contributed by atoms with Gasteiger partial charge in [0.15, 0.2) is 5.69 Å². The first kappa shape index (κ1) is 17.2. The van der Waals surface area contributed by atoms with Gasteiger partial charge in [0.05, 0.1) is 11.8 Å². The Labute approximate surface area is 141 Å². The summed E-state index contributed by atoms with van der Waals surface area (Å²) in [5.74, 6) is -1.20. The van der Waals surface area contributed by atoms with Gasteiger partial charge < -0.3 is 10.0 Å². The number of hydrogen-bond acceptors (Lipinski definition) is 5. The van der Waals surface area contributed by atoms with Crippen LogP contribution in [0.2, 0.25) is 0 Å². The lowest BCUT2D eigenvalue weighted by Crippen LogP contribution is -2.38. The van der Waals surface area contributed by atoms with E-state index in [1.807, 2.05) is 0 Å². The van der Waals surface area contributed by atoms with E-state index in [0.717, 1.165) is 18.9 Å². The lowest BCUT2D eigenvalue weighted by Gasteiger charge is -2.34. The van der Waals surface area contributed by atoms with Crippen molar-refractivity contribution in [1.29, 1.82) is 0 Å². The molecule has 134 valence electrons. The molecule has 25 heavy (non-hydrogen) atoms. The fraction of sp³-hybridized carbons (Fsp3) is 0.467. The number of alkyl halides is 3. The number of pyridine rings is 1. The molecule has 0 aliphatic carbocycles.